The molecule has 0 saturated carbocycles. The van der Waals surface area contributed by atoms with Crippen LogP contribution in [0.15, 0.2) is 24.3 Å². The quantitative estimate of drug-likeness (QED) is 0.0361. The Morgan fingerprint density at radius 1 is 0.358 bits per heavy atom. The Labute approximate surface area is 420 Å². The molecule has 0 aliphatic carbocycles. The third kappa shape index (κ3) is 52.5. The topological polar surface area (TPSA) is 89.8 Å². The summed E-state index contributed by atoms with van der Waals surface area (Å²) in [6.07, 6.45) is 74.5. The maximum Gasteiger partial charge on any atom is 0.249 e. The summed E-state index contributed by atoms with van der Waals surface area (Å²) in [7, 11) is 0. The molecule has 4 N–H and O–H groups in total. The first-order valence-corrected chi connectivity index (χ1v) is 30.7. The molecule has 0 bridgehead atoms. The van der Waals surface area contributed by atoms with Gasteiger partial charge in [-0.15, -0.1) is 0 Å². The van der Waals surface area contributed by atoms with Gasteiger partial charge in [0.15, 0.2) is 0 Å². The summed E-state index contributed by atoms with van der Waals surface area (Å²) in [6, 6.07) is -0.812. The van der Waals surface area contributed by atoms with Crippen molar-refractivity contribution in [2.75, 3.05) is 6.61 Å². The molecule has 0 rings (SSSR count). The molecule has 0 saturated heterocycles. The lowest BCUT2D eigenvalue weighted by molar-refractivity contribution is -0.131. The van der Waals surface area contributed by atoms with Crippen LogP contribution in [0.4, 0.5) is 0 Å². The van der Waals surface area contributed by atoms with E-state index < -0.39 is 24.2 Å². The van der Waals surface area contributed by atoms with E-state index in [1.165, 1.54) is 283 Å². The molecule has 3 atom stereocenters. The van der Waals surface area contributed by atoms with Crippen molar-refractivity contribution in [3.8, 4) is 0 Å². The number of aliphatic hydroxyl groups is 3. The fraction of sp³-hybridized carbons (Fsp3) is 0.919. The van der Waals surface area contributed by atoms with Crippen LogP contribution in [-0.4, -0.2) is 46.1 Å². The molecule has 0 aliphatic rings. The van der Waals surface area contributed by atoms with Crippen LogP contribution in [-0.2, 0) is 4.79 Å². The first-order valence-electron chi connectivity index (χ1n) is 30.7. The third-order valence-electron chi connectivity index (χ3n) is 14.5. The van der Waals surface area contributed by atoms with Crippen molar-refractivity contribution in [2.45, 2.75) is 360 Å². The monoisotopic (exact) mass is 944 g/mol. The van der Waals surface area contributed by atoms with Crippen LogP contribution in [0.1, 0.15) is 341 Å². The molecule has 5 nitrogen and oxygen atoms in total. The van der Waals surface area contributed by atoms with Gasteiger partial charge < -0.3 is 20.6 Å². The van der Waals surface area contributed by atoms with Crippen LogP contribution in [0.25, 0.3) is 0 Å². The van der Waals surface area contributed by atoms with Crippen molar-refractivity contribution >= 4 is 5.91 Å². The molecule has 0 aromatic carbocycles. The number of unbranched alkanes of at least 4 members (excludes halogenated alkanes) is 47. The summed E-state index contributed by atoms with van der Waals surface area (Å²) >= 11 is 0. The van der Waals surface area contributed by atoms with Gasteiger partial charge in [0.1, 0.15) is 6.10 Å². The first-order chi connectivity index (χ1) is 33.1. The molecule has 67 heavy (non-hydrogen) atoms. The van der Waals surface area contributed by atoms with Crippen LogP contribution in [0.5, 0.6) is 0 Å². The first kappa shape index (κ1) is 65.8. The molecule has 0 heterocycles. The molecule has 0 aromatic rings. The molecular weight excluding hydrogens is 823 g/mol. The van der Waals surface area contributed by atoms with Crippen LogP contribution in [0, 0.1) is 0 Å². The predicted molar refractivity (Wildman–Crippen MR) is 296 cm³/mol. The van der Waals surface area contributed by atoms with E-state index in [9.17, 15) is 20.1 Å². The number of aliphatic hydroxyl groups excluding tert-OH is 3. The van der Waals surface area contributed by atoms with E-state index in [1.807, 2.05) is 6.08 Å². The largest absolute Gasteiger partial charge is 0.394 e. The van der Waals surface area contributed by atoms with E-state index in [2.05, 4.69) is 31.3 Å². The lowest BCUT2D eigenvalue weighted by atomic mass is 10.0. The molecule has 0 aromatic heterocycles. The summed E-state index contributed by atoms with van der Waals surface area (Å²) in [5.41, 5.74) is 0. The second-order valence-electron chi connectivity index (χ2n) is 21.3. The van der Waals surface area contributed by atoms with Crippen molar-refractivity contribution in [3.05, 3.63) is 24.3 Å². The Bertz CT molecular complexity index is 998. The maximum absolute atomic E-state index is 12.5. The summed E-state index contributed by atoms with van der Waals surface area (Å²) in [5, 5.41) is 33.3. The number of amides is 1. The van der Waals surface area contributed by atoms with E-state index in [0.29, 0.717) is 6.42 Å². The van der Waals surface area contributed by atoms with E-state index in [4.69, 9.17) is 0 Å². The van der Waals surface area contributed by atoms with E-state index in [1.54, 1.807) is 6.08 Å². The molecule has 0 radical (unpaired) electrons. The standard InChI is InChI=1S/C62H121NO4/c1-3-5-7-9-11-13-15-17-19-20-21-22-23-24-25-26-27-28-29-30-31-32-33-34-35-36-37-38-39-40-41-43-45-47-49-51-53-55-57-61(66)62(67)63-59(58-64)60(65)56-54-52-50-48-46-44-42-18-16-14-12-10-8-6-4-2/h46,48,54,56,59-61,64-66H,3-45,47,49-53,55,57-58H2,1-2H3,(H,63,67)/b48-46+,56-54+. The van der Waals surface area contributed by atoms with Crippen LogP contribution < -0.4 is 5.32 Å². The summed E-state index contributed by atoms with van der Waals surface area (Å²) in [4.78, 5) is 12.5. The number of hydrogen-bond donors (Lipinski definition) is 4. The molecule has 0 aliphatic heterocycles. The van der Waals surface area contributed by atoms with E-state index in [0.717, 1.165) is 38.5 Å². The van der Waals surface area contributed by atoms with Gasteiger partial charge in [0.2, 0.25) is 5.91 Å². The minimum atomic E-state index is -1.10. The predicted octanol–water partition coefficient (Wildman–Crippen LogP) is 19.2. The van der Waals surface area contributed by atoms with Gasteiger partial charge in [0.05, 0.1) is 18.8 Å². The minimum Gasteiger partial charge on any atom is -0.394 e. The number of carbonyl (C=O) groups is 1. The lowest BCUT2D eigenvalue weighted by Crippen LogP contribution is -2.48. The normalized spacial score (nSPS) is 13.3. The SMILES string of the molecule is CCCCCCCCCCC/C=C/CC/C=C/C(O)C(CO)NC(=O)C(O)CCCCCCCCCCCCCCCCCCCCCCCCCCCCCCCCCCCCCCCC. The van der Waals surface area contributed by atoms with E-state index in [-0.39, 0.29) is 6.61 Å². The highest BCUT2D eigenvalue weighted by atomic mass is 16.3. The van der Waals surface area contributed by atoms with E-state index >= 15 is 0 Å². The Morgan fingerprint density at radius 2 is 0.612 bits per heavy atom. The lowest BCUT2D eigenvalue weighted by Gasteiger charge is -2.21. The van der Waals surface area contributed by atoms with Gasteiger partial charge in [0.25, 0.3) is 0 Å². The number of carbonyl (C=O) groups excluding carboxylic acids is 1. The highest BCUT2D eigenvalue weighted by Crippen LogP contribution is 2.18. The van der Waals surface area contributed by atoms with Crippen LogP contribution in [0.2, 0.25) is 0 Å². The number of rotatable bonds is 57. The van der Waals surface area contributed by atoms with Crippen molar-refractivity contribution in [1.29, 1.82) is 0 Å². The highest BCUT2D eigenvalue weighted by molar-refractivity contribution is 5.80. The average Bonchev–Trinajstić information content (AvgIpc) is 3.33. The Kier molecular flexibility index (Phi) is 56.4. The molecule has 3 unspecified atom stereocenters. The van der Waals surface area contributed by atoms with Crippen molar-refractivity contribution in [1.82, 2.24) is 5.32 Å². The van der Waals surface area contributed by atoms with Gasteiger partial charge in [-0.3, -0.25) is 4.79 Å². The molecule has 0 fully saturated rings. The van der Waals surface area contributed by atoms with Gasteiger partial charge in [-0.1, -0.05) is 334 Å². The number of hydrogen-bond acceptors (Lipinski definition) is 4. The van der Waals surface area contributed by atoms with Crippen molar-refractivity contribution in [2.24, 2.45) is 0 Å². The third-order valence-corrected chi connectivity index (χ3v) is 14.5. The van der Waals surface area contributed by atoms with Crippen LogP contribution >= 0.6 is 0 Å². The van der Waals surface area contributed by atoms with Gasteiger partial charge >= 0.3 is 0 Å². The van der Waals surface area contributed by atoms with Gasteiger partial charge in [-0.25, -0.2) is 0 Å². The Morgan fingerprint density at radius 3 is 0.910 bits per heavy atom. The molecular formula is C62H121NO4. The average molecular weight is 945 g/mol. The number of allylic oxidation sites excluding steroid dienone is 3. The molecule has 1 amide bonds. The van der Waals surface area contributed by atoms with Gasteiger partial charge in [0, 0.05) is 0 Å². The smallest absolute Gasteiger partial charge is 0.249 e. The van der Waals surface area contributed by atoms with Crippen molar-refractivity contribution < 1.29 is 20.1 Å². The van der Waals surface area contributed by atoms with Gasteiger partial charge in [-0.05, 0) is 32.1 Å². The highest BCUT2D eigenvalue weighted by Gasteiger charge is 2.22. The summed E-state index contributed by atoms with van der Waals surface area (Å²) in [5.74, 6) is -0.507. The second-order valence-corrected chi connectivity index (χ2v) is 21.3. The van der Waals surface area contributed by atoms with Crippen LogP contribution in [0.3, 0.4) is 0 Å². The fourth-order valence-corrected chi connectivity index (χ4v) is 9.79. The zero-order valence-electron chi connectivity index (χ0n) is 45.6. The summed E-state index contributed by atoms with van der Waals surface area (Å²) in [6.45, 7) is 4.20. The number of nitrogens with one attached hydrogen (secondary N) is 1. The maximum atomic E-state index is 12.5. The molecule has 398 valence electrons. The van der Waals surface area contributed by atoms with Gasteiger partial charge in [-0.2, -0.15) is 0 Å². The Balaban J connectivity index is 3.44. The molecule has 5 heteroatoms. The van der Waals surface area contributed by atoms with Crippen molar-refractivity contribution in [3.63, 3.8) is 0 Å². The molecule has 0 spiro atoms. The zero-order valence-corrected chi connectivity index (χ0v) is 45.6. The summed E-state index contributed by atoms with van der Waals surface area (Å²) < 4.78 is 0. The second kappa shape index (κ2) is 57.4. The minimum absolute atomic E-state index is 0.373. The zero-order chi connectivity index (χ0) is 48.6. The fourth-order valence-electron chi connectivity index (χ4n) is 9.79. The Hall–Kier alpha value is -1.17.